The van der Waals surface area contributed by atoms with Gasteiger partial charge in [0.25, 0.3) is 0 Å². The van der Waals surface area contributed by atoms with Gasteiger partial charge in [-0.1, -0.05) is 6.07 Å². The molecule has 6 nitrogen and oxygen atoms in total. The van der Waals surface area contributed by atoms with E-state index in [9.17, 15) is 5.11 Å². The number of amidine groups is 1. The van der Waals surface area contributed by atoms with Crippen LogP contribution in [0.1, 0.15) is 17.5 Å². The largest absolute Gasteiger partial charge is 0.497 e. The molecule has 3 heterocycles. The Kier molecular flexibility index (Phi) is 3.00. The molecular formula is C19H18N2O4. The van der Waals surface area contributed by atoms with E-state index in [0.29, 0.717) is 29.6 Å². The van der Waals surface area contributed by atoms with Crippen molar-refractivity contribution in [3.63, 3.8) is 0 Å². The zero-order valence-corrected chi connectivity index (χ0v) is 13.9. The van der Waals surface area contributed by atoms with Crippen molar-refractivity contribution >= 4 is 11.5 Å². The van der Waals surface area contributed by atoms with Gasteiger partial charge in [-0.15, -0.1) is 0 Å². The van der Waals surface area contributed by atoms with E-state index in [0.717, 1.165) is 29.8 Å². The average Bonchev–Trinajstić information content (AvgIpc) is 3.23. The summed E-state index contributed by atoms with van der Waals surface area (Å²) >= 11 is 0. The van der Waals surface area contributed by atoms with Gasteiger partial charge in [0, 0.05) is 24.3 Å². The fourth-order valence-electron chi connectivity index (χ4n) is 3.84. The first-order valence-corrected chi connectivity index (χ1v) is 8.35. The number of benzene rings is 2. The fourth-order valence-corrected chi connectivity index (χ4v) is 3.84. The van der Waals surface area contributed by atoms with Crippen LogP contribution in [-0.4, -0.2) is 37.9 Å². The minimum atomic E-state index is -1.33. The lowest BCUT2D eigenvalue weighted by molar-refractivity contribution is 0.157. The van der Waals surface area contributed by atoms with E-state index in [2.05, 4.69) is 9.89 Å². The number of rotatable bonds is 2. The molecule has 2 aromatic rings. The number of hydrogen-bond acceptors (Lipinski definition) is 6. The van der Waals surface area contributed by atoms with Crippen molar-refractivity contribution in [1.82, 2.24) is 0 Å². The van der Waals surface area contributed by atoms with Gasteiger partial charge in [-0.25, -0.2) is 0 Å². The van der Waals surface area contributed by atoms with Gasteiger partial charge >= 0.3 is 0 Å². The monoisotopic (exact) mass is 338 g/mol. The Morgan fingerprint density at radius 3 is 2.92 bits per heavy atom. The quantitative estimate of drug-likeness (QED) is 0.910. The SMILES string of the molecule is COc1ccc2c(c1)C(O)(c1ccc3c(c1)OCO3)C1=NCCCN12. The second kappa shape index (κ2) is 5.13. The molecule has 1 N–H and O–H groups in total. The van der Waals surface area contributed by atoms with Gasteiger partial charge in [-0.2, -0.15) is 0 Å². The van der Waals surface area contributed by atoms with Gasteiger partial charge < -0.3 is 24.2 Å². The number of aliphatic hydroxyl groups is 1. The van der Waals surface area contributed by atoms with Gasteiger partial charge in [0.1, 0.15) is 11.6 Å². The highest BCUT2D eigenvalue weighted by molar-refractivity contribution is 6.13. The van der Waals surface area contributed by atoms with E-state index in [1.165, 1.54) is 0 Å². The van der Waals surface area contributed by atoms with E-state index in [1.807, 2.05) is 36.4 Å². The van der Waals surface area contributed by atoms with E-state index < -0.39 is 5.60 Å². The summed E-state index contributed by atoms with van der Waals surface area (Å²) in [5.41, 5.74) is 1.14. The molecule has 0 fully saturated rings. The highest BCUT2D eigenvalue weighted by atomic mass is 16.7. The Labute approximate surface area is 145 Å². The lowest BCUT2D eigenvalue weighted by Gasteiger charge is -2.30. The van der Waals surface area contributed by atoms with Crippen LogP contribution in [-0.2, 0) is 5.60 Å². The summed E-state index contributed by atoms with van der Waals surface area (Å²) in [7, 11) is 1.63. The molecule has 0 bridgehead atoms. The molecule has 128 valence electrons. The third-order valence-electron chi connectivity index (χ3n) is 5.06. The maximum atomic E-state index is 11.8. The molecule has 5 rings (SSSR count). The third kappa shape index (κ3) is 1.91. The van der Waals surface area contributed by atoms with Crippen LogP contribution in [0.15, 0.2) is 41.4 Å². The summed E-state index contributed by atoms with van der Waals surface area (Å²) in [6.45, 7) is 1.75. The number of ether oxygens (including phenoxy) is 3. The topological polar surface area (TPSA) is 63.5 Å². The number of hydrogen-bond donors (Lipinski definition) is 1. The van der Waals surface area contributed by atoms with Crippen LogP contribution in [0.5, 0.6) is 17.2 Å². The van der Waals surface area contributed by atoms with Gasteiger partial charge in [0.2, 0.25) is 6.79 Å². The maximum Gasteiger partial charge on any atom is 0.231 e. The Bertz CT molecular complexity index is 895. The van der Waals surface area contributed by atoms with Crippen molar-refractivity contribution in [3.8, 4) is 17.2 Å². The highest BCUT2D eigenvalue weighted by Crippen LogP contribution is 2.49. The summed E-state index contributed by atoms with van der Waals surface area (Å²) in [6, 6.07) is 11.3. The normalized spacial score (nSPS) is 23.1. The van der Waals surface area contributed by atoms with Crippen LogP contribution in [0.3, 0.4) is 0 Å². The Hall–Kier alpha value is -2.73. The molecule has 0 amide bonds. The number of aliphatic imine (C=N–C) groups is 1. The fraction of sp³-hybridized carbons (Fsp3) is 0.316. The molecule has 0 radical (unpaired) electrons. The average molecular weight is 338 g/mol. The maximum absolute atomic E-state index is 11.8. The zero-order chi connectivity index (χ0) is 17.0. The van der Waals surface area contributed by atoms with Gasteiger partial charge in [-0.3, -0.25) is 4.99 Å². The minimum absolute atomic E-state index is 0.203. The summed E-state index contributed by atoms with van der Waals surface area (Å²) < 4.78 is 16.3. The predicted molar refractivity (Wildman–Crippen MR) is 92.8 cm³/mol. The number of anilines is 1. The van der Waals surface area contributed by atoms with E-state index in [4.69, 9.17) is 14.2 Å². The van der Waals surface area contributed by atoms with Crippen molar-refractivity contribution < 1.29 is 19.3 Å². The van der Waals surface area contributed by atoms with Gasteiger partial charge in [0.05, 0.1) is 7.11 Å². The Morgan fingerprint density at radius 2 is 2.04 bits per heavy atom. The van der Waals surface area contributed by atoms with E-state index in [-0.39, 0.29) is 6.79 Å². The molecule has 1 unspecified atom stereocenters. The first-order chi connectivity index (χ1) is 12.2. The smallest absolute Gasteiger partial charge is 0.231 e. The summed E-state index contributed by atoms with van der Waals surface area (Å²) in [4.78, 5) is 6.76. The van der Waals surface area contributed by atoms with Crippen LogP contribution in [0, 0.1) is 0 Å². The molecule has 3 aliphatic rings. The molecule has 6 heteroatoms. The number of methoxy groups -OCH3 is 1. The molecule has 0 saturated carbocycles. The molecule has 1 atom stereocenters. The zero-order valence-electron chi connectivity index (χ0n) is 13.9. The predicted octanol–water partition coefficient (Wildman–Crippen LogP) is 2.28. The van der Waals surface area contributed by atoms with Crippen molar-refractivity contribution in [2.45, 2.75) is 12.0 Å². The first-order valence-electron chi connectivity index (χ1n) is 8.35. The van der Waals surface area contributed by atoms with Gasteiger partial charge in [0.15, 0.2) is 17.1 Å². The molecule has 25 heavy (non-hydrogen) atoms. The van der Waals surface area contributed by atoms with Crippen LogP contribution in [0.2, 0.25) is 0 Å². The number of nitrogens with zero attached hydrogens (tertiary/aromatic N) is 2. The first kappa shape index (κ1) is 14.6. The Balaban J connectivity index is 1.74. The van der Waals surface area contributed by atoms with Crippen molar-refractivity contribution in [1.29, 1.82) is 0 Å². The summed E-state index contributed by atoms with van der Waals surface area (Å²) in [6.07, 6.45) is 0.964. The summed E-state index contributed by atoms with van der Waals surface area (Å²) in [5.74, 6) is 2.71. The molecular weight excluding hydrogens is 320 g/mol. The van der Waals surface area contributed by atoms with Crippen molar-refractivity contribution in [2.75, 3.05) is 31.9 Å². The van der Waals surface area contributed by atoms with Crippen molar-refractivity contribution in [2.24, 2.45) is 4.99 Å². The van der Waals surface area contributed by atoms with E-state index >= 15 is 0 Å². The third-order valence-corrected chi connectivity index (χ3v) is 5.06. The number of fused-ring (bicyclic) bond motifs is 4. The molecule has 2 aromatic carbocycles. The van der Waals surface area contributed by atoms with Crippen molar-refractivity contribution in [3.05, 3.63) is 47.5 Å². The minimum Gasteiger partial charge on any atom is -0.497 e. The van der Waals surface area contributed by atoms with Crippen LogP contribution < -0.4 is 19.1 Å². The second-order valence-electron chi connectivity index (χ2n) is 6.37. The highest BCUT2D eigenvalue weighted by Gasteiger charge is 2.50. The van der Waals surface area contributed by atoms with Crippen LogP contribution in [0.25, 0.3) is 0 Å². The van der Waals surface area contributed by atoms with E-state index in [1.54, 1.807) is 7.11 Å². The molecule has 0 saturated heterocycles. The molecule has 0 aromatic heterocycles. The summed E-state index contributed by atoms with van der Waals surface area (Å²) in [5, 5.41) is 11.8. The van der Waals surface area contributed by atoms with Gasteiger partial charge in [-0.05, 0) is 42.3 Å². The molecule has 3 aliphatic heterocycles. The Morgan fingerprint density at radius 1 is 1.16 bits per heavy atom. The van der Waals surface area contributed by atoms with Crippen LogP contribution >= 0.6 is 0 Å². The lowest BCUT2D eigenvalue weighted by Crippen LogP contribution is -2.44. The lowest BCUT2D eigenvalue weighted by atomic mass is 9.86. The molecule has 0 aliphatic carbocycles. The van der Waals surface area contributed by atoms with Crippen LogP contribution in [0.4, 0.5) is 5.69 Å². The second-order valence-corrected chi connectivity index (χ2v) is 6.37. The molecule has 0 spiro atoms. The standard InChI is InChI=1S/C19H18N2O4/c1-23-13-4-5-15-14(10-13)19(22,18-20-7-2-8-21(15)18)12-3-6-16-17(9-12)25-11-24-16/h3-6,9-10,22H,2,7-8,11H2,1H3.